The minimum Gasteiger partial charge on any atom is -0.469 e. The number of alkyl halides is 4. The smallest absolute Gasteiger partial charge is 0.293 e. The van der Waals surface area contributed by atoms with Crippen molar-refractivity contribution >= 4 is 55.3 Å². The number of fused-ring (bicyclic) bond motifs is 5. The Kier molecular flexibility index (Phi) is 10.6. The minimum atomic E-state index is -3.93. The predicted octanol–water partition coefficient (Wildman–Crippen LogP) is 6.40. The number of aromatic nitrogens is 9. The Bertz CT molecular complexity index is 3270. The Morgan fingerprint density at radius 1 is 1.00 bits per heavy atom. The monoisotopic (exact) mass is 941 g/mol. The van der Waals surface area contributed by atoms with E-state index in [-0.39, 0.29) is 74.3 Å². The molecule has 65 heavy (non-hydrogen) atoms. The zero-order valence-electron chi connectivity index (χ0n) is 34.4. The van der Waals surface area contributed by atoms with Gasteiger partial charge < -0.3 is 10.1 Å². The Morgan fingerprint density at radius 3 is 2.38 bits per heavy atom. The van der Waals surface area contributed by atoms with Gasteiger partial charge in [0.2, 0.25) is 21.8 Å². The topological polar surface area (TPSA) is 194 Å². The molecule has 1 saturated carbocycles. The van der Waals surface area contributed by atoms with E-state index in [1.165, 1.54) is 36.0 Å². The molecule has 2 aromatic carbocycles. The largest absolute Gasteiger partial charge is 0.469 e. The number of rotatable bonds is 13. The summed E-state index contributed by atoms with van der Waals surface area (Å²) in [6, 6.07) is 8.18. The van der Waals surface area contributed by atoms with E-state index in [2.05, 4.69) is 35.2 Å². The van der Waals surface area contributed by atoms with Gasteiger partial charge in [-0.25, -0.2) is 40.9 Å². The van der Waals surface area contributed by atoms with Crippen molar-refractivity contribution in [3.8, 4) is 11.6 Å². The van der Waals surface area contributed by atoms with Crippen molar-refractivity contribution in [2.45, 2.75) is 64.1 Å². The molecule has 2 aliphatic rings. The summed E-state index contributed by atoms with van der Waals surface area (Å²) in [5, 5.41) is 10.6. The molecular formula is C41H34ClF6N11O5S. The van der Waals surface area contributed by atoms with Crippen molar-refractivity contribution in [2.24, 2.45) is 13.0 Å². The van der Waals surface area contributed by atoms with Crippen molar-refractivity contribution in [3.63, 3.8) is 0 Å². The molecule has 0 unspecified atom stereocenters. The van der Waals surface area contributed by atoms with Crippen LogP contribution in [0.2, 0.25) is 5.02 Å². The van der Waals surface area contributed by atoms with Crippen molar-refractivity contribution < 1.29 is 44.3 Å². The quantitative estimate of drug-likeness (QED) is 0.122. The number of nitrogens with one attached hydrogen (secondary N) is 2. The van der Waals surface area contributed by atoms with Crippen LogP contribution in [0.5, 0.6) is 5.88 Å². The number of aryl methyl sites for hydroxylation is 3. The molecule has 24 heteroatoms. The Morgan fingerprint density at radius 2 is 1.71 bits per heavy atom. The fourth-order valence-corrected chi connectivity index (χ4v) is 9.26. The molecule has 0 aliphatic heterocycles. The van der Waals surface area contributed by atoms with E-state index in [0.29, 0.717) is 28.0 Å². The number of nitrogens with zero attached hydrogens (tertiary/aromatic N) is 9. The maximum absolute atomic E-state index is 15.5. The van der Waals surface area contributed by atoms with Gasteiger partial charge in [-0.15, -0.1) is 0 Å². The summed E-state index contributed by atoms with van der Waals surface area (Å²) in [4.78, 5) is 47.0. The highest BCUT2D eigenvalue weighted by Gasteiger charge is 2.67. The lowest BCUT2D eigenvalue weighted by Gasteiger charge is -2.24. The van der Waals surface area contributed by atoms with E-state index in [0.717, 1.165) is 23.0 Å². The minimum absolute atomic E-state index is 0.00652. The van der Waals surface area contributed by atoms with Crippen LogP contribution in [-0.2, 0) is 47.4 Å². The van der Waals surface area contributed by atoms with Gasteiger partial charge >= 0.3 is 0 Å². The Labute approximate surface area is 368 Å². The molecule has 2 N–H and O–H groups in total. The number of hydrogen-bond donors (Lipinski definition) is 2. The number of carbonyl (C=O) groups is 1. The summed E-state index contributed by atoms with van der Waals surface area (Å²) in [5.74, 6) is -9.00. The zero-order chi connectivity index (χ0) is 46.4. The maximum Gasteiger partial charge on any atom is 0.293 e. The second-order valence-corrected chi connectivity index (χ2v) is 18.1. The highest BCUT2D eigenvalue weighted by atomic mass is 35.5. The first-order valence-electron chi connectivity index (χ1n) is 19.7. The van der Waals surface area contributed by atoms with Crippen LogP contribution in [0.3, 0.4) is 0 Å². The van der Waals surface area contributed by atoms with E-state index in [1.807, 2.05) is 0 Å². The van der Waals surface area contributed by atoms with Gasteiger partial charge in [-0.1, -0.05) is 11.6 Å². The molecule has 9 rings (SSSR count). The number of pyridine rings is 1. The molecule has 0 bridgehead atoms. The normalized spacial score (nSPS) is 16.8. The molecule has 0 saturated heterocycles. The van der Waals surface area contributed by atoms with E-state index < -0.39 is 87.7 Å². The van der Waals surface area contributed by atoms with Gasteiger partial charge in [-0.2, -0.15) is 24.0 Å². The number of carbonyl (C=O) groups excluding carboxylic acids is 1. The summed E-state index contributed by atoms with van der Waals surface area (Å²) in [6.07, 6.45) is -2.86. The first-order chi connectivity index (χ1) is 30.7. The number of hydrogen-bond acceptors (Lipinski definition) is 11. The molecule has 16 nitrogen and oxygen atoms in total. The van der Waals surface area contributed by atoms with Crippen LogP contribution in [-0.4, -0.2) is 64.6 Å². The van der Waals surface area contributed by atoms with E-state index in [1.54, 1.807) is 19.9 Å². The van der Waals surface area contributed by atoms with Gasteiger partial charge in [0.15, 0.2) is 17.3 Å². The van der Waals surface area contributed by atoms with Crippen LogP contribution >= 0.6 is 11.6 Å². The fourth-order valence-electron chi connectivity index (χ4n) is 8.53. The average molecular weight is 942 g/mol. The molecule has 7 aromatic rings. The molecule has 3 atom stereocenters. The summed E-state index contributed by atoms with van der Waals surface area (Å²) in [5.41, 5.74) is -1.72. The Hall–Kier alpha value is -6.62. The van der Waals surface area contributed by atoms with E-state index in [4.69, 9.17) is 21.3 Å². The maximum atomic E-state index is 15.5. The van der Waals surface area contributed by atoms with Crippen molar-refractivity contribution in [2.75, 3.05) is 11.0 Å². The van der Waals surface area contributed by atoms with Crippen LogP contribution < -0.4 is 20.3 Å². The molecule has 0 spiro atoms. The lowest BCUT2D eigenvalue weighted by atomic mass is 10.0. The lowest BCUT2D eigenvalue weighted by Crippen LogP contribution is -2.38. The zero-order valence-corrected chi connectivity index (χ0v) is 35.9. The van der Waals surface area contributed by atoms with Crippen LogP contribution in [0.4, 0.5) is 32.2 Å². The highest BCUT2D eigenvalue weighted by Crippen LogP contribution is 2.68. The van der Waals surface area contributed by atoms with E-state index in [9.17, 15) is 35.6 Å². The summed E-state index contributed by atoms with van der Waals surface area (Å²) < 4.78 is 125. The van der Waals surface area contributed by atoms with Crippen molar-refractivity contribution in [1.29, 1.82) is 0 Å². The second-order valence-electron chi connectivity index (χ2n) is 15.9. The second kappa shape index (κ2) is 15.8. The number of anilines is 1. The molecule has 338 valence electrons. The third kappa shape index (κ3) is 8.10. The van der Waals surface area contributed by atoms with Gasteiger partial charge in [0.05, 0.1) is 39.3 Å². The van der Waals surface area contributed by atoms with Gasteiger partial charge in [-0.3, -0.25) is 28.2 Å². The fraction of sp³-hybridized carbons (Fsp3) is 0.317. The van der Waals surface area contributed by atoms with Crippen LogP contribution in [0.15, 0.2) is 53.3 Å². The molecule has 2 aliphatic carbocycles. The summed E-state index contributed by atoms with van der Waals surface area (Å²) >= 11 is 6.63. The number of sulfonamides is 1. The first kappa shape index (κ1) is 43.6. The first-order valence-corrected chi connectivity index (χ1v) is 22.0. The predicted molar refractivity (Wildman–Crippen MR) is 222 cm³/mol. The lowest BCUT2D eigenvalue weighted by molar-refractivity contribution is -0.123. The van der Waals surface area contributed by atoms with Crippen molar-refractivity contribution in [3.05, 3.63) is 121 Å². The molecule has 1 amide bonds. The molecule has 5 heterocycles. The third-order valence-corrected chi connectivity index (χ3v) is 11.9. The van der Waals surface area contributed by atoms with Gasteiger partial charge in [-0.05, 0) is 68.1 Å². The van der Waals surface area contributed by atoms with Crippen LogP contribution in [0.1, 0.15) is 70.4 Å². The summed E-state index contributed by atoms with van der Waals surface area (Å²) in [6.45, 7) is 2.39. The van der Waals surface area contributed by atoms with Crippen LogP contribution in [0, 0.1) is 31.4 Å². The number of benzene rings is 2. The third-order valence-electron chi connectivity index (χ3n) is 11.0. The molecular weight excluding hydrogens is 908 g/mol. The number of halogens is 7. The highest BCUT2D eigenvalue weighted by molar-refractivity contribution is 7.92. The standard InChI is InChI=1S/C41H34ClF6N11O5S/c1-17-9-18(2)50-28(49-17)16-64-30-8-5-22-37(52-30)53-39(59(40(22)61)27-7-6-25(42)32-34(27)57(3)55-38(32)56-65(4,62)63)26(12-19-10-20(43)13-21(44)11-19)51-29(60)15-58-35-31(33(54-58)36(45)46)23-14-24(23)41(35,47)48/h5-11,13,23-24,26,36H,12,14-16H2,1-4H3,(H,51,60)(H,55,56)/t23-,24+,26-/m0/s1. The average Bonchev–Trinajstić information content (AvgIpc) is 3.74. The van der Waals surface area contributed by atoms with Crippen LogP contribution in [0.25, 0.3) is 27.6 Å². The number of amides is 1. The Balaban J connectivity index is 1.22. The van der Waals surface area contributed by atoms with Crippen molar-refractivity contribution in [1.82, 2.24) is 49.4 Å². The SMILES string of the molecule is Cc1cc(C)nc(COc2ccc3c(=O)n(-c4ccc(Cl)c5c(NS(C)(=O)=O)nn(C)c45)c([C@H](Cc4cc(F)cc(F)c4)NC(=O)Cn4nc(C(F)F)c5c4C(F)(F)[C@@H]4C[C@H]54)nc3n2)n1. The number of ether oxygens (including phenoxy) is 1. The molecule has 1 fully saturated rings. The van der Waals surface area contributed by atoms with Gasteiger partial charge in [0, 0.05) is 48.5 Å². The van der Waals surface area contributed by atoms with Gasteiger partial charge in [0.25, 0.3) is 17.9 Å². The van der Waals surface area contributed by atoms with E-state index >= 15 is 8.78 Å². The van der Waals surface area contributed by atoms with Gasteiger partial charge in [0.1, 0.15) is 42.0 Å². The summed E-state index contributed by atoms with van der Waals surface area (Å²) in [7, 11) is -2.50. The molecule has 0 radical (unpaired) electrons. The molecule has 5 aromatic heterocycles.